The van der Waals surface area contributed by atoms with Crippen LogP contribution in [0.2, 0.25) is 5.02 Å². The summed E-state index contributed by atoms with van der Waals surface area (Å²) in [4.78, 5) is 21.5. The monoisotopic (exact) mass is 456 g/mol. The average molecular weight is 457 g/mol. The highest BCUT2D eigenvalue weighted by atomic mass is 35.5. The fourth-order valence-corrected chi connectivity index (χ4v) is 4.73. The Morgan fingerprint density at radius 1 is 1.23 bits per heavy atom. The van der Waals surface area contributed by atoms with Crippen LogP contribution in [0, 0.1) is 0 Å². The number of rotatable bonds is 7. The highest BCUT2D eigenvalue weighted by molar-refractivity contribution is 7.22. The molecule has 1 N–H and O–H groups in total. The van der Waals surface area contributed by atoms with E-state index in [1.54, 1.807) is 24.5 Å². The lowest BCUT2D eigenvalue weighted by Gasteiger charge is -2.34. The van der Waals surface area contributed by atoms with Gasteiger partial charge in [0.2, 0.25) is 5.91 Å². The summed E-state index contributed by atoms with van der Waals surface area (Å²) in [6.07, 6.45) is 3.27. The van der Waals surface area contributed by atoms with E-state index >= 15 is 0 Å². The maximum absolute atomic E-state index is 12.1. The molecule has 3 aromatic rings. The number of nitrogens with one attached hydrogen (secondary N) is 1. The molecule has 1 saturated heterocycles. The smallest absolute Gasteiger partial charge is 0.244 e. The molecule has 0 spiro atoms. The first kappa shape index (κ1) is 21.6. The number of carbonyl (C=O) groups excluding carboxylic acids is 1. The number of benzene rings is 2. The van der Waals surface area contributed by atoms with Crippen LogP contribution in [0.4, 0.5) is 5.13 Å². The molecular formula is C23H25ClN4O2S. The van der Waals surface area contributed by atoms with Crippen molar-refractivity contribution in [3.05, 3.63) is 59.1 Å². The summed E-state index contributed by atoms with van der Waals surface area (Å²) in [5.41, 5.74) is 1.85. The highest BCUT2D eigenvalue weighted by Gasteiger charge is 2.19. The van der Waals surface area contributed by atoms with Gasteiger partial charge in [-0.2, -0.15) is 0 Å². The second-order valence-corrected chi connectivity index (χ2v) is 8.72. The molecule has 0 aliphatic carbocycles. The Bertz CT molecular complexity index is 1080. The van der Waals surface area contributed by atoms with Gasteiger partial charge in [-0.05, 0) is 35.9 Å². The van der Waals surface area contributed by atoms with Gasteiger partial charge in [-0.25, -0.2) is 4.98 Å². The van der Waals surface area contributed by atoms with E-state index < -0.39 is 0 Å². The summed E-state index contributed by atoms with van der Waals surface area (Å²) in [7, 11) is 1.68. The quantitative estimate of drug-likeness (QED) is 0.546. The lowest BCUT2D eigenvalue weighted by molar-refractivity contribution is -0.116. The number of methoxy groups -OCH3 is 1. The zero-order valence-corrected chi connectivity index (χ0v) is 19.0. The van der Waals surface area contributed by atoms with Crippen LogP contribution in [0.5, 0.6) is 5.75 Å². The topological polar surface area (TPSA) is 57.7 Å². The molecule has 4 rings (SSSR count). The van der Waals surface area contributed by atoms with Crippen LogP contribution in [0.15, 0.2) is 48.5 Å². The number of piperazine rings is 1. The summed E-state index contributed by atoms with van der Waals surface area (Å²) in [6, 6.07) is 13.4. The van der Waals surface area contributed by atoms with Gasteiger partial charge >= 0.3 is 0 Å². The van der Waals surface area contributed by atoms with Crippen molar-refractivity contribution < 1.29 is 9.53 Å². The molecule has 1 aliphatic rings. The molecule has 1 amide bonds. The third-order valence-electron chi connectivity index (χ3n) is 5.27. The Balaban J connectivity index is 1.21. The van der Waals surface area contributed by atoms with Crippen molar-refractivity contribution in [2.45, 2.75) is 0 Å². The summed E-state index contributed by atoms with van der Waals surface area (Å²) < 4.78 is 6.45. The Hall–Kier alpha value is -2.61. The van der Waals surface area contributed by atoms with Gasteiger partial charge in [0.25, 0.3) is 0 Å². The average Bonchev–Trinajstić information content (AvgIpc) is 3.22. The van der Waals surface area contributed by atoms with E-state index in [9.17, 15) is 4.79 Å². The maximum Gasteiger partial charge on any atom is 0.244 e. The minimum atomic E-state index is -0.108. The molecule has 2 heterocycles. The second-order valence-electron chi connectivity index (χ2n) is 7.30. The van der Waals surface area contributed by atoms with Crippen LogP contribution in [0.25, 0.3) is 16.3 Å². The molecule has 8 heteroatoms. The third kappa shape index (κ3) is 5.55. The van der Waals surface area contributed by atoms with Crippen LogP contribution in [0.3, 0.4) is 0 Å². The predicted molar refractivity (Wildman–Crippen MR) is 128 cm³/mol. The normalized spacial score (nSPS) is 15.0. The molecule has 1 aliphatic heterocycles. The Kier molecular flexibility index (Phi) is 7.06. The summed E-state index contributed by atoms with van der Waals surface area (Å²) in [6.45, 7) is 5.20. The van der Waals surface area contributed by atoms with Gasteiger partial charge in [0.15, 0.2) is 5.13 Å². The van der Waals surface area contributed by atoms with Crippen LogP contribution >= 0.6 is 22.9 Å². The SMILES string of the molecule is COc1ccc2nc(N3CCN(CCNC(=O)/C=C/c4ccccc4Cl)CC3)sc2c1. The first-order valence-electron chi connectivity index (χ1n) is 10.2. The zero-order chi connectivity index (χ0) is 21.6. The van der Waals surface area contributed by atoms with E-state index in [4.69, 9.17) is 21.3 Å². The van der Waals surface area contributed by atoms with Gasteiger partial charge in [0.05, 0.1) is 17.3 Å². The number of anilines is 1. The summed E-state index contributed by atoms with van der Waals surface area (Å²) >= 11 is 7.81. The molecule has 6 nitrogen and oxygen atoms in total. The number of hydrogen-bond donors (Lipinski definition) is 1. The van der Waals surface area contributed by atoms with Crippen molar-refractivity contribution in [2.24, 2.45) is 0 Å². The molecule has 0 saturated carbocycles. The third-order valence-corrected chi connectivity index (χ3v) is 6.70. The van der Waals surface area contributed by atoms with E-state index in [1.807, 2.05) is 42.5 Å². The first-order chi connectivity index (χ1) is 15.1. The number of aromatic nitrogens is 1. The number of hydrogen-bond acceptors (Lipinski definition) is 6. The first-order valence-corrected chi connectivity index (χ1v) is 11.4. The lowest BCUT2D eigenvalue weighted by atomic mass is 10.2. The van der Waals surface area contributed by atoms with E-state index in [-0.39, 0.29) is 5.91 Å². The Labute approximate surface area is 191 Å². The number of carbonyl (C=O) groups is 1. The van der Waals surface area contributed by atoms with Crippen LogP contribution in [-0.4, -0.2) is 62.2 Å². The Morgan fingerprint density at radius 3 is 2.81 bits per heavy atom. The molecule has 0 bridgehead atoms. The number of amides is 1. The van der Waals surface area contributed by atoms with Gasteiger partial charge in [-0.15, -0.1) is 0 Å². The molecule has 1 aromatic heterocycles. The molecular weight excluding hydrogens is 432 g/mol. The van der Waals surface area contributed by atoms with Crippen molar-refractivity contribution in [1.82, 2.24) is 15.2 Å². The van der Waals surface area contributed by atoms with Crippen LogP contribution in [-0.2, 0) is 4.79 Å². The maximum atomic E-state index is 12.1. The van der Waals surface area contributed by atoms with Crippen molar-refractivity contribution in [1.29, 1.82) is 0 Å². The van der Waals surface area contributed by atoms with Gasteiger partial charge in [-0.3, -0.25) is 9.69 Å². The van der Waals surface area contributed by atoms with Crippen molar-refractivity contribution in [3.8, 4) is 5.75 Å². The predicted octanol–water partition coefficient (Wildman–Crippen LogP) is 3.91. The van der Waals surface area contributed by atoms with Gasteiger partial charge in [-0.1, -0.05) is 41.1 Å². The molecule has 162 valence electrons. The minimum absolute atomic E-state index is 0.108. The van der Waals surface area contributed by atoms with E-state index in [2.05, 4.69) is 15.1 Å². The molecule has 1 fully saturated rings. The van der Waals surface area contributed by atoms with Crippen molar-refractivity contribution >= 4 is 50.3 Å². The lowest BCUT2D eigenvalue weighted by Crippen LogP contribution is -2.48. The molecule has 0 radical (unpaired) electrons. The molecule has 31 heavy (non-hydrogen) atoms. The number of thiazole rings is 1. The van der Waals surface area contributed by atoms with Crippen LogP contribution in [0.1, 0.15) is 5.56 Å². The highest BCUT2D eigenvalue weighted by Crippen LogP contribution is 2.31. The fourth-order valence-electron chi connectivity index (χ4n) is 3.49. The fraction of sp³-hybridized carbons (Fsp3) is 0.304. The molecule has 0 unspecified atom stereocenters. The van der Waals surface area contributed by atoms with Gasteiger partial charge in [0, 0.05) is 50.4 Å². The number of fused-ring (bicyclic) bond motifs is 1. The standard InChI is InChI=1S/C23H25ClN4O2S/c1-30-18-7-8-20-21(16-18)31-23(26-20)28-14-12-27(13-15-28)11-10-25-22(29)9-6-17-4-2-3-5-19(17)24/h2-9,16H,10-15H2,1H3,(H,25,29)/b9-6+. The second kappa shape index (κ2) is 10.1. The van der Waals surface area contributed by atoms with E-state index in [0.29, 0.717) is 11.6 Å². The molecule has 0 atom stereocenters. The van der Waals surface area contributed by atoms with Gasteiger partial charge in [0.1, 0.15) is 5.75 Å². The number of halogens is 1. The largest absolute Gasteiger partial charge is 0.497 e. The molecule has 2 aromatic carbocycles. The van der Waals surface area contributed by atoms with Crippen LogP contribution < -0.4 is 15.0 Å². The number of ether oxygens (including phenoxy) is 1. The summed E-state index contributed by atoms with van der Waals surface area (Å²) in [5, 5.41) is 4.64. The zero-order valence-electron chi connectivity index (χ0n) is 17.4. The minimum Gasteiger partial charge on any atom is -0.497 e. The Morgan fingerprint density at radius 2 is 2.03 bits per heavy atom. The number of nitrogens with zero attached hydrogens (tertiary/aromatic N) is 3. The van der Waals surface area contributed by atoms with Crippen molar-refractivity contribution in [2.75, 3.05) is 51.3 Å². The van der Waals surface area contributed by atoms with Gasteiger partial charge < -0.3 is 15.0 Å². The summed E-state index contributed by atoms with van der Waals surface area (Å²) in [5.74, 6) is 0.750. The van der Waals surface area contributed by atoms with E-state index in [1.165, 1.54) is 6.08 Å². The van der Waals surface area contributed by atoms with Crippen molar-refractivity contribution in [3.63, 3.8) is 0 Å². The van der Waals surface area contributed by atoms with E-state index in [0.717, 1.165) is 59.4 Å².